The normalized spacial score (nSPS) is 10.9. The third-order valence-corrected chi connectivity index (χ3v) is 5.01. The van der Waals surface area contributed by atoms with Crippen molar-refractivity contribution in [1.29, 1.82) is 0 Å². The Kier molecular flexibility index (Phi) is 10.3. The molecule has 1 heterocycles. The maximum Gasteiger partial charge on any atom is 0.241 e. The summed E-state index contributed by atoms with van der Waals surface area (Å²) >= 11 is 1.73. The molecule has 0 atom stereocenters. The summed E-state index contributed by atoms with van der Waals surface area (Å²) in [5.74, 6) is 0.638. The van der Waals surface area contributed by atoms with Gasteiger partial charge in [0, 0.05) is 31.9 Å². The number of halogens is 1. The zero-order chi connectivity index (χ0) is 18.9. The molecular formula is C19H28IN5OS. The Balaban J connectivity index is 0.00000364. The second-order valence-electron chi connectivity index (χ2n) is 6.22. The molecule has 0 fully saturated rings. The number of hydrogen-bond acceptors (Lipinski definition) is 4. The Hall–Kier alpha value is -1.68. The summed E-state index contributed by atoms with van der Waals surface area (Å²) in [4.78, 5) is 23.8. The van der Waals surface area contributed by atoms with Gasteiger partial charge in [-0.1, -0.05) is 30.3 Å². The Labute approximate surface area is 182 Å². The fraction of sp³-hybridized carbons (Fsp3) is 0.421. The highest BCUT2D eigenvalue weighted by molar-refractivity contribution is 14.0. The number of nitrogens with one attached hydrogen (secondary N) is 2. The molecule has 27 heavy (non-hydrogen) atoms. The molecule has 8 heteroatoms. The molecule has 1 amide bonds. The van der Waals surface area contributed by atoms with E-state index in [9.17, 15) is 4.79 Å². The number of hydrogen-bond donors (Lipinski definition) is 2. The van der Waals surface area contributed by atoms with Gasteiger partial charge in [0.05, 0.1) is 23.8 Å². The zero-order valence-electron chi connectivity index (χ0n) is 16.3. The number of benzene rings is 1. The molecule has 2 rings (SSSR count). The van der Waals surface area contributed by atoms with E-state index in [1.165, 1.54) is 4.88 Å². The molecule has 2 aromatic rings. The molecular weight excluding hydrogens is 473 g/mol. The first-order chi connectivity index (χ1) is 12.5. The number of aliphatic imine (C=N–C) groups is 1. The quantitative estimate of drug-likeness (QED) is 0.348. The largest absolute Gasteiger partial charge is 0.356 e. The molecule has 0 aliphatic carbocycles. The van der Waals surface area contributed by atoms with Gasteiger partial charge in [-0.2, -0.15) is 0 Å². The van der Waals surface area contributed by atoms with E-state index >= 15 is 0 Å². The minimum absolute atomic E-state index is 0. The number of aromatic nitrogens is 1. The second-order valence-corrected chi connectivity index (χ2v) is 7.51. The van der Waals surface area contributed by atoms with E-state index in [1.807, 2.05) is 37.3 Å². The fourth-order valence-electron chi connectivity index (χ4n) is 2.18. The number of thiazole rings is 1. The summed E-state index contributed by atoms with van der Waals surface area (Å²) in [5, 5.41) is 7.51. The maximum atomic E-state index is 11.8. The molecule has 1 aromatic carbocycles. The van der Waals surface area contributed by atoms with Gasteiger partial charge in [-0.15, -0.1) is 35.3 Å². The van der Waals surface area contributed by atoms with Crippen molar-refractivity contribution in [1.82, 2.24) is 20.5 Å². The molecule has 2 N–H and O–H groups in total. The predicted molar refractivity (Wildman–Crippen MR) is 123 cm³/mol. The Morgan fingerprint density at radius 1 is 1.19 bits per heavy atom. The van der Waals surface area contributed by atoms with Gasteiger partial charge in [0.1, 0.15) is 0 Å². The first-order valence-electron chi connectivity index (χ1n) is 8.65. The van der Waals surface area contributed by atoms with E-state index < -0.39 is 0 Å². The minimum Gasteiger partial charge on any atom is -0.356 e. The fourth-order valence-corrected chi connectivity index (χ4v) is 3.11. The van der Waals surface area contributed by atoms with Crippen molar-refractivity contribution in [3.05, 3.63) is 51.5 Å². The van der Waals surface area contributed by atoms with Crippen molar-refractivity contribution < 1.29 is 4.79 Å². The summed E-state index contributed by atoms with van der Waals surface area (Å²) in [6.07, 6.45) is 0.826. The SMILES string of the molecule is Cc1nc(CCNC(=NCc2ccccc2)NCC(=O)N(C)C)sc1C.I. The van der Waals surface area contributed by atoms with E-state index in [0.29, 0.717) is 19.0 Å². The van der Waals surface area contributed by atoms with Crippen molar-refractivity contribution in [3.63, 3.8) is 0 Å². The maximum absolute atomic E-state index is 11.8. The number of carbonyl (C=O) groups is 1. The Morgan fingerprint density at radius 2 is 1.89 bits per heavy atom. The average Bonchev–Trinajstić information content (AvgIpc) is 2.95. The summed E-state index contributed by atoms with van der Waals surface area (Å²) in [5.41, 5.74) is 2.22. The van der Waals surface area contributed by atoms with Crippen molar-refractivity contribution >= 4 is 47.2 Å². The summed E-state index contributed by atoms with van der Waals surface area (Å²) in [6, 6.07) is 10.0. The van der Waals surface area contributed by atoms with Crippen LogP contribution < -0.4 is 10.6 Å². The highest BCUT2D eigenvalue weighted by atomic mass is 127. The van der Waals surface area contributed by atoms with E-state index in [2.05, 4.69) is 27.5 Å². The van der Waals surface area contributed by atoms with Crippen molar-refractivity contribution in [2.45, 2.75) is 26.8 Å². The lowest BCUT2D eigenvalue weighted by molar-refractivity contribution is -0.127. The van der Waals surface area contributed by atoms with E-state index in [1.54, 1.807) is 30.3 Å². The van der Waals surface area contributed by atoms with Crippen LogP contribution in [0.5, 0.6) is 0 Å². The molecule has 0 saturated heterocycles. The van der Waals surface area contributed by atoms with Crippen LogP contribution in [0.4, 0.5) is 0 Å². The van der Waals surface area contributed by atoms with Gasteiger partial charge in [-0.05, 0) is 19.4 Å². The Morgan fingerprint density at radius 3 is 2.48 bits per heavy atom. The minimum atomic E-state index is 0. The molecule has 0 aliphatic heterocycles. The van der Waals surface area contributed by atoms with Crippen LogP contribution in [0, 0.1) is 13.8 Å². The number of likely N-dealkylation sites (N-methyl/N-ethyl adjacent to an activating group) is 1. The van der Waals surface area contributed by atoms with Crippen LogP contribution in [-0.2, 0) is 17.8 Å². The van der Waals surface area contributed by atoms with E-state index in [4.69, 9.17) is 0 Å². The van der Waals surface area contributed by atoms with E-state index in [0.717, 1.165) is 22.7 Å². The van der Waals surface area contributed by atoms with Crippen LogP contribution in [0.25, 0.3) is 0 Å². The molecule has 6 nitrogen and oxygen atoms in total. The third kappa shape index (κ3) is 8.25. The van der Waals surface area contributed by atoms with Gasteiger partial charge in [-0.3, -0.25) is 4.79 Å². The van der Waals surface area contributed by atoms with Crippen LogP contribution in [-0.4, -0.2) is 48.9 Å². The van der Waals surface area contributed by atoms with Gasteiger partial charge in [0.15, 0.2) is 5.96 Å². The van der Waals surface area contributed by atoms with Gasteiger partial charge in [0.2, 0.25) is 5.91 Å². The second kappa shape index (κ2) is 11.9. The van der Waals surface area contributed by atoms with Crippen LogP contribution >= 0.6 is 35.3 Å². The van der Waals surface area contributed by atoms with Gasteiger partial charge in [0.25, 0.3) is 0 Å². The highest BCUT2D eigenvalue weighted by Gasteiger charge is 2.07. The number of aryl methyl sites for hydroxylation is 2. The van der Waals surface area contributed by atoms with Crippen LogP contribution in [0.2, 0.25) is 0 Å². The zero-order valence-corrected chi connectivity index (χ0v) is 19.4. The molecule has 1 aromatic heterocycles. The van der Waals surface area contributed by atoms with Gasteiger partial charge >= 0.3 is 0 Å². The van der Waals surface area contributed by atoms with Gasteiger partial charge in [-0.25, -0.2) is 9.98 Å². The van der Waals surface area contributed by atoms with Crippen LogP contribution in [0.3, 0.4) is 0 Å². The molecule has 148 valence electrons. The van der Waals surface area contributed by atoms with E-state index in [-0.39, 0.29) is 36.4 Å². The average molecular weight is 501 g/mol. The number of carbonyl (C=O) groups excluding carboxylic acids is 1. The van der Waals surface area contributed by atoms with Gasteiger partial charge < -0.3 is 15.5 Å². The summed E-state index contributed by atoms with van der Waals surface area (Å²) in [7, 11) is 3.48. The lowest BCUT2D eigenvalue weighted by Crippen LogP contribution is -2.43. The number of amides is 1. The first-order valence-corrected chi connectivity index (χ1v) is 9.46. The van der Waals surface area contributed by atoms with Crippen molar-refractivity contribution in [3.8, 4) is 0 Å². The van der Waals surface area contributed by atoms with Crippen molar-refractivity contribution in [2.24, 2.45) is 4.99 Å². The van der Waals surface area contributed by atoms with Crippen LogP contribution in [0.1, 0.15) is 21.1 Å². The first kappa shape index (κ1) is 23.4. The topological polar surface area (TPSA) is 69.6 Å². The summed E-state index contributed by atoms with van der Waals surface area (Å²) in [6.45, 7) is 5.60. The molecule has 0 radical (unpaired) electrons. The smallest absolute Gasteiger partial charge is 0.241 e. The summed E-state index contributed by atoms with van der Waals surface area (Å²) < 4.78 is 0. The third-order valence-electron chi connectivity index (χ3n) is 3.87. The predicted octanol–water partition coefficient (Wildman–Crippen LogP) is 2.74. The molecule has 0 unspecified atom stereocenters. The Bertz CT molecular complexity index is 726. The number of guanidine groups is 1. The lowest BCUT2D eigenvalue weighted by Gasteiger charge is -2.14. The standard InChI is InChI=1S/C19H27N5OS.HI/c1-14-15(2)26-17(23-14)10-11-20-19(22-13-18(25)24(3)4)21-12-16-8-6-5-7-9-16;/h5-9H,10-13H2,1-4H3,(H2,20,21,22);1H. The molecule has 0 spiro atoms. The highest BCUT2D eigenvalue weighted by Crippen LogP contribution is 2.16. The number of nitrogens with zero attached hydrogens (tertiary/aromatic N) is 3. The monoisotopic (exact) mass is 501 g/mol. The number of rotatable bonds is 7. The lowest BCUT2D eigenvalue weighted by atomic mass is 10.2. The molecule has 0 bridgehead atoms. The molecule has 0 saturated carbocycles. The van der Waals surface area contributed by atoms with Crippen molar-refractivity contribution in [2.75, 3.05) is 27.2 Å². The van der Waals surface area contributed by atoms with Crippen LogP contribution in [0.15, 0.2) is 35.3 Å². The molecule has 0 aliphatic rings.